The largest absolute Gasteiger partial charge is 0.349 e. The molecule has 0 aliphatic rings. The van der Waals surface area contributed by atoms with Crippen molar-refractivity contribution in [3.63, 3.8) is 0 Å². The van der Waals surface area contributed by atoms with Crippen LogP contribution in [0.4, 0.5) is 0 Å². The maximum Gasteiger partial charge on any atom is 0.225 e. The fraction of sp³-hybridized carbons (Fsp3) is 0.667. The first-order chi connectivity index (χ1) is 5.09. The van der Waals surface area contributed by atoms with Crippen molar-refractivity contribution in [2.24, 2.45) is 5.92 Å². The van der Waals surface area contributed by atoms with Gasteiger partial charge in [-0.25, -0.2) is 0 Å². The highest BCUT2D eigenvalue weighted by molar-refractivity contribution is 5.78. The zero-order chi connectivity index (χ0) is 8.85. The zero-order valence-electron chi connectivity index (χ0n) is 7.64. The third-order valence-electron chi connectivity index (χ3n) is 1.45. The van der Waals surface area contributed by atoms with E-state index < -0.39 is 0 Å². The van der Waals surface area contributed by atoms with E-state index in [9.17, 15) is 4.79 Å². The third-order valence-corrected chi connectivity index (χ3v) is 1.45. The Labute approximate surface area is 68.6 Å². The van der Waals surface area contributed by atoms with E-state index in [-0.39, 0.29) is 11.8 Å². The van der Waals surface area contributed by atoms with E-state index in [4.69, 9.17) is 0 Å². The van der Waals surface area contributed by atoms with Gasteiger partial charge in [0.15, 0.2) is 0 Å². The van der Waals surface area contributed by atoms with E-state index in [1.807, 2.05) is 6.92 Å². The summed E-state index contributed by atoms with van der Waals surface area (Å²) in [7, 11) is 3.52. The van der Waals surface area contributed by atoms with Crippen LogP contribution in [0.5, 0.6) is 0 Å². The van der Waals surface area contributed by atoms with Gasteiger partial charge in [0.05, 0.1) is 0 Å². The molecule has 2 nitrogen and oxygen atoms in total. The first kappa shape index (κ1) is 10.0. The molecule has 0 spiro atoms. The molecule has 0 saturated carbocycles. The average molecular weight is 153 g/mol. The molecule has 0 aromatic rings. The molecule has 2 heteroatoms. The molecule has 0 saturated heterocycles. The number of carbonyl (C=O) groups excluding carboxylic acids is 1. The smallest absolute Gasteiger partial charge is 0.225 e. The number of hydrogen-bond donors (Lipinski definition) is 0. The highest BCUT2D eigenvalue weighted by atomic mass is 16.2. The Kier molecular flexibility index (Phi) is 4.36. The van der Waals surface area contributed by atoms with Gasteiger partial charge in [0.2, 0.25) is 5.91 Å². The predicted molar refractivity (Wildman–Crippen MR) is 45.9 cm³/mol. The monoisotopic (exact) mass is 153 g/mol. The summed E-state index contributed by atoms with van der Waals surface area (Å²) in [4.78, 5) is 12.8. The lowest BCUT2D eigenvalue weighted by Crippen LogP contribution is -2.27. The number of amides is 1. The van der Waals surface area contributed by atoms with Gasteiger partial charge in [0.1, 0.15) is 0 Å². The van der Waals surface area contributed by atoms with Crippen molar-refractivity contribution in [3.05, 3.63) is 0 Å². The minimum Gasteiger partial charge on any atom is -0.349 e. The van der Waals surface area contributed by atoms with Crippen molar-refractivity contribution in [2.75, 3.05) is 14.1 Å². The summed E-state index contributed by atoms with van der Waals surface area (Å²) in [5.74, 6) is 5.83. The predicted octanol–water partition coefficient (Wildman–Crippen LogP) is 1.12. The quantitative estimate of drug-likeness (QED) is 0.544. The molecular weight excluding hydrogens is 138 g/mol. The van der Waals surface area contributed by atoms with Crippen LogP contribution in [0.2, 0.25) is 0 Å². The summed E-state index contributed by atoms with van der Waals surface area (Å²) >= 11 is 0. The second-order valence-electron chi connectivity index (χ2n) is 2.76. The van der Waals surface area contributed by atoms with Crippen molar-refractivity contribution in [2.45, 2.75) is 20.3 Å². The Bertz CT molecular complexity index is 185. The standard InChI is InChI=1S/C9H15NO/c1-5-6-7-8(2)9(11)10(3)4/h8H,7H2,1-4H3/t8-/m0/s1. The lowest BCUT2D eigenvalue weighted by molar-refractivity contribution is -0.132. The summed E-state index contributed by atoms with van der Waals surface area (Å²) in [6.45, 7) is 3.68. The molecule has 0 heterocycles. The molecule has 0 aromatic carbocycles. The van der Waals surface area contributed by atoms with Crippen LogP contribution in [0.25, 0.3) is 0 Å². The number of carbonyl (C=O) groups is 1. The van der Waals surface area contributed by atoms with Crippen LogP contribution in [-0.4, -0.2) is 24.9 Å². The van der Waals surface area contributed by atoms with Gasteiger partial charge in [-0.2, -0.15) is 0 Å². The van der Waals surface area contributed by atoms with Gasteiger partial charge in [0.25, 0.3) is 0 Å². The summed E-state index contributed by atoms with van der Waals surface area (Å²) in [5.41, 5.74) is 0. The van der Waals surface area contributed by atoms with Crippen LogP contribution in [0.15, 0.2) is 0 Å². The lowest BCUT2D eigenvalue weighted by atomic mass is 10.1. The molecule has 0 aliphatic heterocycles. The van der Waals surface area contributed by atoms with Crippen molar-refractivity contribution in [1.29, 1.82) is 0 Å². The highest BCUT2D eigenvalue weighted by Crippen LogP contribution is 2.02. The van der Waals surface area contributed by atoms with Crippen LogP contribution in [0, 0.1) is 17.8 Å². The number of hydrogen-bond acceptors (Lipinski definition) is 1. The van der Waals surface area contributed by atoms with E-state index in [1.165, 1.54) is 0 Å². The Morgan fingerprint density at radius 1 is 1.55 bits per heavy atom. The molecule has 0 fully saturated rings. The van der Waals surface area contributed by atoms with Crippen LogP contribution >= 0.6 is 0 Å². The third kappa shape index (κ3) is 3.67. The first-order valence-corrected chi connectivity index (χ1v) is 3.70. The summed E-state index contributed by atoms with van der Waals surface area (Å²) in [6.07, 6.45) is 0.660. The van der Waals surface area contributed by atoms with Gasteiger partial charge in [0, 0.05) is 26.4 Å². The second kappa shape index (κ2) is 4.79. The second-order valence-corrected chi connectivity index (χ2v) is 2.76. The maximum atomic E-state index is 11.2. The Balaban J connectivity index is 3.89. The van der Waals surface area contributed by atoms with Crippen LogP contribution in [-0.2, 0) is 4.79 Å². The molecular formula is C9H15NO. The first-order valence-electron chi connectivity index (χ1n) is 3.70. The van der Waals surface area contributed by atoms with Gasteiger partial charge in [-0.3, -0.25) is 4.79 Å². The Morgan fingerprint density at radius 2 is 2.09 bits per heavy atom. The fourth-order valence-electron chi connectivity index (χ4n) is 0.783. The number of rotatable bonds is 2. The van der Waals surface area contributed by atoms with Crippen LogP contribution in [0.3, 0.4) is 0 Å². The molecule has 0 aliphatic carbocycles. The maximum absolute atomic E-state index is 11.2. The normalized spacial score (nSPS) is 11.3. The van der Waals surface area contributed by atoms with E-state index in [2.05, 4.69) is 11.8 Å². The molecule has 0 N–H and O–H groups in total. The van der Waals surface area contributed by atoms with Crippen LogP contribution in [0.1, 0.15) is 20.3 Å². The van der Waals surface area contributed by atoms with Crippen LogP contribution < -0.4 is 0 Å². The Hall–Kier alpha value is -0.970. The fourth-order valence-corrected chi connectivity index (χ4v) is 0.783. The topological polar surface area (TPSA) is 20.3 Å². The molecule has 0 radical (unpaired) electrons. The van der Waals surface area contributed by atoms with Crippen molar-refractivity contribution < 1.29 is 4.79 Å². The summed E-state index contributed by atoms with van der Waals surface area (Å²) < 4.78 is 0. The molecule has 1 atom stereocenters. The van der Waals surface area contributed by atoms with Crippen molar-refractivity contribution in [1.82, 2.24) is 4.90 Å². The minimum absolute atomic E-state index is 0.0254. The molecule has 1 amide bonds. The van der Waals surface area contributed by atoms with Gasteiger partial charge >= 0.3 is 0 Å². The van der Waals surface area contributed by atoms with Gasteiger partial charge < -0.3 is 4.90 Å². The summed E-state index contributed by atoms with van der Waals surface area (Å²) in [5, 5.41) is 0. The average Bonchev–Trinajstić information content (AvgIpc) is 1.98. The lowest BCUT2D eigenvalue weighted by Gasteiger charge is -2.14. The SMILES string of the molecule is CC#CC[C@H](C)C(=O)N(C)C. The summed E-state index contributed by atoms with van der Waals surface area (Å²) in [6, 6.07) is 0. The molecule has 0 aromatic heterocycles. The Morgan fingerprint density at radius 3 is 2.45 bits per heavy atom. The van der Waals surface area contributed by atoms with Gasteiger partial charge in [-0.05, 0) is 6.92 Å². The van der Waals surface area contributed by atoms with E-state index in [1.54, 1.807) is 25.9 Å². The molecule has 11 heavy (non-hydrogen) atoms. The highest BCUT2D eigenvalue weighted by Gasteiger charge is 2.12. The van der Waals surface area contributed by atoms with Crippen molar-refractivity contribution in [3.8, 4) is 11.8 Å². The molecule has 0 unspecified atom stereocenters. The van der Waals surface area contributed by atoms with E-state index >= 15 is 0 Å². The van der Waals surface area contributed by atoms with Gasteiger partial charge in [-0.1, -0.05) is 6.92 Å². The van der Waals surface area contributed by atoms with Crippen molar-refractivity contribution >= 4 is 5.91 Å². The van der Waals surface area contributed by atoms with E-state index in [0.29, 0.717) is 6.42 Å². The van der Waals surface area contributed by atoms with E-state index in [0.717, 1.165) is 0 Å². The number of nitrogens with zero attached hydrogens (tertiary/aromatic N) is 1. The van der Waals surface area contributed by atoms with Gasteiger partial charge in [-0.15, -0.1) is 11.8 Å². The zero-order valence-corrected chi connectivity index (χ0v) is 7.64. The molecule has 62 valence electrons. The molecule has 0 rings (SSSR count). The molecule has 0 bridgehead atoms. The minimum atomic E-state index is 0.0254.